The predicted molar refractivity (Wildman–Crippen MR) is 58.0 cm³/mol. The molecule has 0 bridgehead atoms. The summed E-state index contributed by atoms with van der Waals surface area (Å²) in [7, 11) is 0. The molecule has 0 aromatic rings. The number of rotatable bonds is 3. The molecule has 2 fully saturated rings. The van der Waals surface area contributed by atoms with Crippen LogP contribution in [0.25, 0.3) is 0 Å². The first kappa shape index (κ1) is 9.89. The highest BCUT2D eigenvalue weighted by Crippen LogP contribution is 2.45. The van der Waals surface area contributed by atoms with Crippen LogP contribution in [0.3, 0.4) is 0 Å². The van der Waals surface area contributed by atoms with Crippen LogP contribution in [0.15, 0.2) is 0 Å². The topological polar surface area (TPSA) is 0 Å². The Hall–Kier alpha value is 0.350. The van der Waals surface area contributed by atoms with E-state index in [0.29, 0.717) is 0 Å². The lowest BCUT2D eigenvalue weighted by atomic mass is 9.92. The van der Waals surface area contributed by atoms with Crippen molar-refractivity contribution in [1.82, 2.24) is 0 Å². The molecule has 13 heavy (non-hydrogen) atoms. The zero-order valence-electron chi connectivity index (χ0n) is 7.66. The molecule has 2 rings (SSSR count). The number of hydrogen-bond donors (Lipinski definition) is 0. The molecule has 0 unspecified atom stereocenters. The van der Waals surface area contributed by atoms with Gasteiger partial charge in [-0.25, -0.2) is 0 Å². The van der Waals surface area contributed by atoms with E-state index in [-0.39, 0.29) is 0 Å². The summed E-state index contributed by atoms with van der Waals surface area (Å²) in [5, 5.41) is 1.40. The van der Waals surface area contributed by atoms with Gasteiger partial charge in [0.2, 0.25) is 0 Å². The first-order valence-electron chi connectivity index (χ1n) is 4.39. The molecule has 1 heteroatoms. The molecule has 0 aromatic heterocycles. The lowest BCUT2D eigenvalue weighted by molar-refractivity contribution is 0.941. The van der Waals surface area contributed by atoms with Crippen molar-refractivity contribution < 1.29 is 0 Å². The van der Waals surface area contributed by atoms with E-state index in [1.54, 1.807) is 0 Å². The van der Waals surface area contributed by atoms with Crippen molar-refractivity contribution in [3.63, 3.8) is 0 Å². The molecule has 0 atom stereocenters. The monoisotopic (exact) mass is 188 g/mol. The Morgan fingerprint density at radius 1 is 1.00 bits per heavy atom. The first-order chi connectivity index (χ1) is 6.40. The van der Waals surface area contributed by atoms with Gasteiger partial charge in [0.1, 0.15) is 0 Å². The summed E-state index contributed by atoms with van der Waals surface area (Å²) in [4.78, 5) is 0. The lowest BCUT2D eigenvalue weighted by Gasteiger charge is -2.18. The van der Waals surface area contributed by atoms with Crippen LogP contribution in [0.2, 0.25) is 0 Å². The van der Waals surface area contributed by atoms with E-state index < -0.39 is 0 Å². The summed E-state index contributed by atoms with van der Waals surface area (Å²) >= 11 is 1.82. The van der Waals surface area contributed by atoms with Crippen LogP contribution in [0.5, 0.6) is 0 Å². The number of thioether (sulfide) groups is 1. The van der Waals surface area contributed by atoms with Crippen LogP contribution in [0.4, 0.5) is 0 Å². The largest absolute Gasteiger partial charge is 0.156 e. The average molecular weight is 188 g/mol. The maximum Gasteiger partial charge on any atom is 0.0411 e. The maximum absolute atomic E-state index is 2.21. The standard InChI is InChI=1S/C12H12S/c1-13-12-8-4-7-11(12)9-10-5-2-3-6-10/h2-8H,9H2,1H3. The van der Waals surface area contributed by atoms with Gasteiger partial charge in [0.25, 0.3) is 0 Å². The fourth-order valence-electron chi connectivity index (χ4n) is 1.54. The Morgan fingerprint density at radius 3 is 2.46 bits per heavy atom. The van der Waals surface area contributed by atoms with Crippen molar-refractivity contribution in [2.45, 2.75) is 6.42 Å². The van der Waals surface area contributed by atoms with Crippen LogP contribution in [0, 0.1) is 62.0 Å². The minimum atomic E-state index is 1.07. The SMILES string of the molecule is CS[C]1[CH][CH][CH][C]1C[C]1[CH][CH][CH][CH]1. The van der Waals surface area contributed by atoms with Crippen molar-refractivity contribution in [2.24, 2.45) is 0 Å². The van der Waals surface area contributed by atoms with Crippen molar-refractivity contribution >= 4 is 11.8 Å². The van der Waals surface area contributed by atoms with Gasteiger partial charge in [-0.1, -0.05) is 0 Å². The normalized spacial score (nSPS) is 27.5. The fourth-order valence-corrected chi connectivity index (χ4v) is 2.15. The third-order valence-corrected chi connectivity index (χ3v) is 3.05. The van der Waals surface area contributed by atoms with Gasteiger partial charge in [-0.2, -0.15) is 11.8 Å². The van der Waals surface area contributed by atoms with E-state index in [9.17, 15) is 0 Å². The molecule has 2 saturated carbocycles. The van der Waals surface area contributed by atoms with Gasteiger partial charge in [0.05, 0.1) is 0 Å². The van der Waals surface area contributed by atoms with Crippen molar-refractivity contribution in [3.05, 3.63) is 62.0 Å². The van der Waals surface area contributed by atoms with Gasteiger partial charge in [0.15, 0.2) is 0 Å². The van der Waals surface area contributed by atoms with Crippen molar-refractivity contribution in [3.8, 4) is 0 Å². The Balaban J connectivity index is 1.79. The minimum Gasteiger partial charge on any atom is -0.156 e. The second-order valence-corrected chi connectivity index (χ2v) is 3.94. The van der Waals surface area contributed by atoms with Crippen LogP contribution in [0.1, 0.15) is 6.42 Å². The quantitative estimate of drug-likeness (QED) is 0.656. The molecule has 0 N–H and O–H groups in total. The number of hydrogen-bond acceptors (Lipinski definition) is 1. The van der Waals surface area contributed by atoms with Gasteiger partial charge in [-0.3, -0.25) is 0 Å². The molecule has 2 aliphatic carbocycles. The third-order valence-electron chi connectivity index (χ3n) is 2.21. The summed E-state index contributed by atoms with van der Waals surface area (Å²) in [6.07, 6.45) is 18.3. The van der Waals surface area contributed by atoms with Gasteiger partial charge in [-0.05, 0) is 69.5 Å². The third kappa shape index (κ3) is 2.43. The average Bonchev–Trinajstić information content (AvgIpc) is 2.76. The zero-order valence-corrected chi connectivity index (χ0v) is 8.47. The Kier molecular flexibility index (Phi) is 3.59. The first-order valence-corrected chi connectivity index (χ1v) is 5.62. The maximum atomic E-state index is 2.21. The Morgan fingerprint density at radius 2 is 1.77 bits per heavy atom. The highest BCUT2D eigenvalue weighted by atomic mass is 32.2. The minimum absolute atomic E-state index is 1.07. The molecule has 0 amide bonds. The predicted octanol–water partition coefficient (Wildman–Crippen LogP) is 2.88. The van der Waals surface area contributed by atoms with E-state index in [2.05, 4.69) is 51.2 Å². The summed E-state index contributed by atoms with van der Waals surface area (Å²) in [5.41, 5.74) is 0. The Labute approximate surface area is 86.9 Å². The van der Waals surface area contributed by atoms with E-state index in [4.69, 9.17) is 0 Å². The molecule has 0 aromatic carbocycles. The van der Waals surface area contributed by atoms with E-state index in [0.717, 1.165) is 6.42 Å². The molecule has 0 saturated heterocycles. The van der Waals surface area contributed by atoms with Crippen molar-refractivity contribution in [1.29, 1.82) is 0 Å². The van der Waals surface area contributed by atoms with Gasteiger partial charge in [-0.15, -0.1) is 0 Å². The van der Waals surface area contributed by atoms with E-state index >= 15 is 0 Å². The van der Waals surface area contributed by atoms with Crippen LogP contribution >= 0.6 is 11.8 Å². The van der Waals surface area contributed by atoms with Crippen LogP contribution < -0.4 is 0 Å². The molecule has 10 radical (unpaired) electrons. The molecule has 0 aliphatic heterocycles. The molecule has 2 aliphatic rings. The van der Waals surface area contributed by atoms with Gasteiger partial charge < -0.3 is 0 Å². The van der Waals surface area contributed by atoms with Gasteiger partial charge >= 0.3 is 0 Å². The molecule has 0 nitrogen and oxygen atoms in total. The second-order valence-electron chi connectivity index (χ2n) is 3.09. The molecule has 66 valence electrons. The summed E-state index contributed by atoms with van der Waals surface area (Å²) in [5.74, 6) is 2.85. The van der Waals surface area contributed by atoms with Crippen LogP contribution in [-0.2, 0) is 0 Å². The molecule has 0 spiro atoms. The lowest BCUT2D eigenvalue weighted by Crippen LogP contribution is -2.05. The zero-order chi connectivity index (χ0) is 9.10. The smallest absolute Gasteiger partial charge is 0.0411 e. The Bertz CT molecular complexity index is 149. The fraction of sp³-hybridized carbons (Fsp3) is 0.167. The summed E-state index contributed by atoms with van der Waals surface area (Å²) in [6.45, 7) is 0. The van der Waals surface area contributed by atoms with Gasteiger partial charge in [0, 0.05) is 5.25 Å². The second kappa shape index (κ2) is 4.72. The highest BCUT2D eigenvalue weighted by molar-refractivity contribution is 8.01. The summed E-state index contributed by atoms with van der Waals surface area (Å²) < 4.78 is 0. The van der Waals surface area contributed by atoms with Crippen LogP contribution in [-0.4, -0.2) is 6.26 Å². The van der Waals surface area contributed by atoms with E-state index in [1.165, 1.54) is 17.1 Å². The van der Waals surface area contributed by atoms with E-state index in [1.807, 2.05) is 11.8 Å². The molecular weight excluding hydrogens is 176 g/mol. The highest BCUT2D eigenvalue weighted by Gasteiger charge is 2.31. The molecular formula is C12H12S. The molecule has 0 heterocycles. The van der Waals surface area contributed by atoms with Crippen molar-refractivity contribution in [2.75, 3.05) is 6.26 Å². The summed E-state index contributed by atoms with van der Waals surface area (Å²) in [6, 6.07) is 0.